The summed E-state index contributed by atoms with van der Waals surface area (Å²) < 4.78 is 22.7. The van der Waals surface area contributed by atoms with Gasteiger partial charge in [0.15, 0.2) is 15.8 Å². The van der Waals surface area contributed by atoms with Gasteiger partial charge in [0.05, 0.1) is 12.3 Å². The lowest BCUT2D eigenvalue weighted by atomic mass is 10.6. The summed E-state index contributed by atoms with van der Waals surface area (Å²) >= 11 is 1.62. The predicted molar refractivity (Wildman–Crippen MR) is 94.8 cm³/mol. The SMILES string of the molecule is CCS(=O)(=O)CCNC(=NC)NCc1ncc(C)s1.I. The molecule has 9 heteroatoms. The summed E-state index contributed by atoms with van der Waals surface area (Å²) in [6.45, 7) is 4.59. The number of hydrogen-bond donors (Lipinski definition) is 2. The standard InChI is InChI=1S/C11H20N4O2S2.HI/c1-4-19(16,17)6-5-13-11(12-3)15-8-10-14-7-9(2)18-10;/h7H,4-6,8H2,1-3H3,(H2,12,13,15);1H. The van der Waals surface area contributed by atoms with Crippen molar-refractivity contribution < 1.29 is 8.42 Å². The third-order valence-electron chi connectivity index (χ3n) is 2.45. The van der Waals surface area contributed by atoms with Gasteiger partial charge < -0.3 is 10.6 Å². The van der Waals surface area contributed by atoms with E-state index >= 15 is 0 Å². The van der Waals surface area contributed by atoms with Crippen molar-refractivity contribution in [1.82, 2.24) is 15.6 Å². The number of hydrogen-bond acceptors (Lipinski definition) is 5. The van der Waals surface area contributed by atoms with Crippen LogP contribution in [0.4, 0.5) is 0 Å². The van der Waals surface area contributed by atoms with Gasteiger partial charge in [-0.3, -0.25) is 4.99 Å². The summed E-state index contributed by atoms with van der Waals surface area (Å²) in [5, 5.41) is 7.04. The number of aryl methyl sites for hydroxylation is 1. The van der Waals surface area contributed by atoms with Crippen LogP contribution in [0, 0.1) is 6.92 Å². The maximum absolute atomic E-state index is 11.3. The van der Waals surface area contributed by atoms with Gasteiger partial charge in [-0.1, -0.05) is 6.92 Å². The quantitative estimate of drug-likeness (QED) is 0.401. The second-order valence-electron chi connectivity index (χ2n) is 3.95. The van der Waals surface area contributed by atoms with E-state index < -0.39 is 9.84 Å². The molecule has 0 saturated carbocycles. The Bertz CT molecular complexity index is 528. The average molecular weight is 432 g/mol. The zero-order valence-electron chi connectivity index (χ0n) is 11.8. The molecule has 1 rings (SSSR count). The highest BCUT2D eigenvalue weighted by Gasteiger charge is 2.07. The smallest absolute Gasteiger partial charge is 0.191 e. The van der Waals surface area contributed by atoms with Crippen molar-refractivity contribution in [2.45, 2.75) is 20.4 Å². The van der Waals surface area contributed by atoms with Gasteiger partial charge >= 0.3 is 0 Å². The van der Waals surface area contributed by atoms with Crippen LogP contribution in [0.3, 0.4) is 0 Å². The van der Waals surface area contributed by atoms with Gasteiger partial charge in [0.2, 0.25) is 0 Å². The van der Waals surface area contributed by atoms with E-state index in [2.05, 4.69) is 20.6 Å². The number of nitrogens with zero attached hydrogens (tertiary/aromatic N) is 2. The van der Waals surface area contributed by atoms with Gasteiger partial charge in [-0.05, 0) is 6.92 Å². The molecule has 0 spiro atoms. The molecule has 0 fully saturated rings. The monoisotopic (exact) mass is 432 g/mol. The number of halogens is 1. The molecule has 0 aliphatic carbocycles. The summed E-state index contributed by atoms with van der Waals surface area (Å²) in [5.41, 5.74) is 0. The van der Waals surface area contributed by atoms with Gasteiger partial charge in [-0.25, -0.2) is 13.4 Å². The van der Waals surface area contributed by atoms with Crippen LogP contribution in [-0.2, 0) is 16.4 Å². The fraction of sp³-hybridized carbons (Fsp3) is 0.636. The molecule has 1 aromatic rings. The first-order chi connectivity index (χ1) is 8.96. The summed E-state index contributed by atoms with van der Waals surface area (Å²) in [6, 6.07) is 0. The Hall–Kier alpha value is -0.420. The first-order valence-electron chi connectivity index (χ1n) is 6.03. The Balaban J connectivity index is 0.00000361. The third kappa shape index (κ3) is 7.39. The van der Waals surface area contributed by atoms with Crippen molar-refractivity contribution >= 4 is 51.1 Å². The van der Waals surface area contributed by atoms with E-state index in [0.29, 0.717) is 19.0 Å². The van der Waals surface area contributed by atoms with Crippen LogP contribution < -0.4 is 10.6 Å². The maximum Gasteiger partial charge on any atom is 0.191 e. The molecule has 0 aromatic carbocycles. The highest BCUT2D eigenvalue weighted by Crippen LogP contribution is 2.10. The van der Waals surface area contributed by atoms with E-state index in [9.17, 15) is 8.42 Å². The molecule has 0 saturated heterocycles. The van der Waals surface area contributed by atoms with Crippen LogP contribution in [0.1, 0.15) is 16.8 Å². The number of rotatable bonds is 6. The Morgan fingerprint density at radius 1 is 1.45 bits per heavy atom. The molecule has 0 radical (unpaired) electrons. The zero-order chi connectivity index (χ0) is 14.3. The van der Waals surface area contributed by atoms with E-state index in [-0.39, 0.29) is 35.5 Å². The maximum atomic E-state index is 11.3. The molecule has 1 heterocycles. The van der Waals surface area contributed by atoms with E-state index in [1.54, 1.807) is 25.3 Å². The predicted octanol–water partition coefficient (Wildman–Crippen LogP) is 1.17. The number of guanidine groups is 1. The molecule has 2 N–H and O–H groups in total. The van der Waals surface area contributed by atoms with Gasteiger partial charge in [-0.2, -0.15) is 0 Å². The average Bonchev–Trinajstić information content (AvgIpc) is 2.79. The van der Waals surface area contributed by atoms with Gasteiger partial charge in [0.25, 0.3) is 0 Å². The third-order valence-corrected chi connectivity index (χ3v) is 5.06. The normalized spacial score (nSPS) is 11.8. The minimum atomic E-state index is -2.94. The number of aliphatic imine (C=N–C) groups is 1. The van der Waals surface area contributed by atoms with Crippen LogP contribution in [0.15, 0.2) is 11.2 Å². The lowest BCUT2D eigenvalue weighted by molar-refractivity contribution is 0.595. The molecule has 20 heavy (non-hydrogen) atoms. The van der Waals surface area contributed by atoms with Crippen molar-refractivity contribution in [3.8, 4) is 0 Å². The topological polar surface area (TPSA) is 83.5 Å². The molecular weight excluding hydrogens is 411 g/mol. The molecule has 0 bridgehead atoms. The molecular formula is C11H21IN4O2S2. The molecule has 6 nitrogen and oxygen atoms in total. The van der Waals surface area contributed by atoms with Crippen LogP contribution in [-0.4, -0.2) is 44.5 Å². The van der Waals surface area contributed by atoms with E-state index in [4.69, 9.17) is 0 Å². The molecule has 0 aliphatic heterocycles. The van der Waals surface area contributed by atoms with Crippen LogP contribution in [0.2, 0.25) is 0 Å². The number of aromatic nitrogens is 1. The Kier molecular flexibility index (Phi) is 9.30. The lowest BCUT2D eigenvalue weighted by Crippen LogP contribution is -2.39. The molecule has 0 unspecified atom stereocenters. The van der Waals surface area contributed by atoms with Crippen molar-refractivity contribution in [2.24, 2.45) is 4.99 Å². The minimum absolute atomic E-state index is 0. The molecule has 1 aromatic heterocycles. The van der Waals surface area contributed by atoms with Gasteiger partial charge in [-0.15, -0.1) is 35.3 Å². The number of nitrogens with one attached hydrogen (secondary N) is 2. The van der Waals surface area contributed by atoms with Crippen molar-refractivity contribution in [2.75, 3.05) is 25.1 Å². The first kappa shape index (κ1) is 19.6. The number of thiazole rings is 1. The molecule has 116 valence electrons. The Morgan fingerprint density at radius 3 is 2.65 bits per heavy atom. The van der Waals surface area contributed by atoms with Gasteiger partial charge in [0.1, 0.15) is 5.01 Å². The summed E-state index contributed by atoms with van der Waals surface area (Å²) in [4.78, 5) is 9.42. The summed E-state index contributed by atoms with van der Waals surface area (Å²) in [7, 11) is -1.29. The Morgan fingerprint density at radius 2 is 2.15 bits per heavy atom. The zero-order valence-corrected chi connectivity index (χ0v) is 15.8. The van der Waals surface area contributed by atoms with Crippen molar-refractivity contribution in [1.29, 1.82) is 0 Å². The Labute approximate surface area is 141 Å². The minimum Gasteiger partial charge on any atom is -0.355 e. The summed E-state index contributed by atoms with van der Waals surface area (Å²) in [5.74, 6) is 0.860. The van der Waals surface area contributed by atoms with Crippen LogP contribution in [0.25, 0.3) is 0 Å². The highest BCUT2D eigenvalue weighted by molar-refractivity contribution is 14.0. The summed E-state index contributed by atoms with van der Waals surface area (Å²) in [6.07, 6.45) is 1.83. The molecule has 0 atom stereocenters. The highest BCUT2D eigenvalue weighted by atomic mass is 127. The van der Waals surface area contributed by atoms with Crippen molar-refractivity contribution in [3.05, 3.63) is 16.1 Å². The second-order valence-corrected chi connectivity index (χ2v) is 7.75. The fourth-order valence-electron chi connectivity index (χ4n) is 1.33. The first-order valence-corrected chi connectivity index (χ1v) is 8.67. The van der Waals surface area contributed by atoms with E-state index in [1.165, 1.54) is 0 Å². The van der Waals surface area contributed by atoms with E-state index in [1.807, 2.05) is 13.1 Å². The van der Waals surface area contributed by atoms with Crippen molar-refractivity contribution in [3.63, 3.8) is 0 Å². The molecule has 0 amide bonds. The van der Waals surface area contributed by atoms with Crippen LogP contribution >= 0.6 is 35.3 Å². The van der Waals surface area contributed by atoms with Gasteiger partial charge in [0, 0.05) is 30.4 Å². The second kappa shape index (κ2) is 9.50. The largest absolute Gasteiger partial charge is 0.355 e. The molecule has 0 aliphatic rings. The van der Waals surface area contributed by atoms with Crippen LogP contribution in [0.5, 0.6) is 0 Å². The lowest BCUT2D eigenvalue weighted by Gasteiger charge is -2.10. The number of sulfone groups is 1. The van der Waals surface area contributed by atoms with E-state index in [0.717, 1.165) is 9.88 Å². The fourth-order valence-corrected chi connectivity index (χ4v) is 2.76.